The lowest BCUT2D eigenvalue weighted by Crippen LogP contribution is -2.50. The first-order chi connectivity index (χ1) is 7.47. The van der Waals surface area contributed by atoms with E-state index in [1.165, 1.54) is 6.92 Å². The van der Waals surface area contributed by atoms with Gasteiger partial charge in [0.2, 0.25) is 12.1 Å². The fourth-order valence-corrected chi connectivity index (χ4v) is 1.38. The molecule has 1 heterocycles. The van der Waals surface area contributed by atoms with E-state index in [1.807, 2.05) is 0 Å². The molecule has 1 atom stereocenters. The minimum atomic E-state index is -3.17. The molecule has 0 spiro atoms. The van der Waals surface area contributed by atoms with Crippen molar-refractivity contribution in [2.45, 2.75) is 25.5 Å². The van der Waals surface area contributed by atoms with Crippen LogP contribution in [0.1, 0.15) is 13.3 Å². The van der Waals surface area contributed by atoms with Crippen molar-refractivity contribution < 1.29 is 28.2 Å². The van der Waals surface area contributed by atoms with E-state index in [9.17, 15) is 23.5 Å². The first-order valence-corrected chi connectivity index (χ1v) is 4.59. The number of halogens is 2. The Morgan fingerprint density at radius 1 is 1.81 bits per heavy atom. The zero-order valence-electron chi connectivity index (χ0n) is 8.52. The van der Waals surface area contributed by atoms with E-state index >= 15 is 0 Å². The molecule has 1 N–H and O–H groups in total. The van der Waals surface area contributed by atoms with E-state index in [2.05, 4.69) is 4.74 Å². The number of alkyl halides is 2. The quantitative estimate of drug-likeness (QED) is 0.560. The molecule has 1 rings (SSSR count). The largest absolute Gasteiger partial charge is 0.461 e. The average molecular weight is 235 g/mol. The molecule has 0 aliphatic carbocycles. The van der Waals surface area contributed by atoms with Gasteiger partial charge in [-0.05, 0) is 13.0 Å². The van der Waals surface area contributed by atoms with Crippen LogP contribution in [0, 0.1) is 0 Å². The standard InChI is InChI=1S/C9H11F2NO4/c1-2-16-7(14)6-3-4-9(15,8(10)11)12(6)5-13/h3,5,8,15H,2,4H2,1H3. The lowest BCUT2D eigenvalue weighted by atomic mass is 10.2. The van der Waals surface area contributed by atoms with Gasteiger partial charge in [0.15, 0.2) is 0 Å². The van der Waals surface area contributed by atoms with E-state index in [0.717, 1.165) is 6.08 Å². The normalized spacial score (nSPS) is 24.6. The summed E-state index contributed by atoms with van der Waals surface area (Å²) < 4.78 is 29.7. The summed E-state index contributed by atoms with van der Waals surface area (Å²) >= 11 is 0. The number of carbonyl (C=O) groups excluding carboxylic acids is 2. The second-order valence-electron chi connectivity index (χ2n) is 3.17. The zero-order valence-corrected chi connectivity index (χ0v) is 8.52. The van der Waals surface area contributed by atoms with Gasteiger partial charge in [-0.3, -0.25) is 9.69 Å². The van der Waals surface area contributed by atoms with Gasteiger partial charge in [-0.15, -0.1) is 0 Å². The molecule has 0 bridgehead atoms. The van der Waals surface area contributed by atoms with Gasteiger partial charge in [0.1, 0.15) is 5.70 Å². The van der Waals surface area contributed by atoms with E-state index in [1.54, 1.807) is 0 Å². The maximum absolute atomic E-state index is 12.5. The summed E-state index contributed by atoms with van der Waals surface area (Å²) in [7, 11) is 0. The molecule has 1 aliphatic heterocycles. The van der Waals surface area contributed by atoms with Crippen molar-refractivity contribution in [3.05, 3.63) is 11.8 Å². The first kappa shape index (κ1) is 12.6. The molecule has 16 heavy (non-hydrogen) atoms. The minimum Gasteiger partial charge on any atom is -0.461 e. The van der Waals surface area contributed by atoms with Gasteiger partial charge in [0, 0.05) is 6.42 Å². The zero-order chi connectivity index (χ0) is 12.3. The van der Waals surface area contributed by atoms with E-state index in [-0.39, 0.29) is 18.7 Å². The number of hydrogen-bond donors (Lipinski definition) is 1. The molecule has 1 unspecified atom stereocenters. The molecule has 0 saturated heterocycles. The Kier molecular flexibility index (Phi) is 3.58. The van der Waals surface area contributed by atoms with Crippen LogP contribution in [0.5, 0.6) is 0 Å². The maximum atomic E-state index is 12.5. The van der Waals surface area contributed by atoms with Crippen LogP contribution in [0.4, 0.5) is 8.78 Å². The Morgan fingerprint density at radius 3 is 2.88 bits per heavy atom. The molecule has 0 saturated carbocycles. The third-order valence-electron chi connectivity index (χ3n) is 2.21. The number of ether oxygens (including phenoxy) is 1. The molecule has 0 fully saturated rings. The van der Waals surface area contributed by atoms with Gasteiger partial charge in [0.25, 0.3) is 6.43 Å². The molecule has 5 nitrogen and oxygen atoms in total. The number of hydrogen-bond acceptors (Lipinski definition) is 4. The van der Waals surface area contributed by atoms with Crippen LogP contribution < -0.4 is 0 Å². The Balaban J connectivity index is 2.92. The highest BCUT2D eigenvalue weighted by molar-refractivity contribution is 5.91. The van der Waals surface area contributed by atoms with E-state index in [4.69, 9.17) is 0 Å². The fraction of sp³-hybridized carbons (Fsp3) is 0.556. The number of esters is 1. The second kappa shape index (κ2) is 4.56. The van der Waals surface area contributed by atoms with Crippen molar-refractivity contribution in [2.75, 3.05) is 6.61 Å². The number of amides is 1. The summed E-state index contributed by atoms with van der Waals surface area (Å²) in [6, 6.07) is 0. The molecular formula is C9H11F2NO4. The Bertz CT molecular complexity index is 331. The molecule has 7 heteroatoms. The van der Waals surface area contributed by atoms with Gasteiger partial charge >= 0.3 is 5.97 Å². The highest BCUT2D eigenvalue weighted by Gasteiger charge is 2.49. The van der Waals surface area contributed by atoms with Gasteiger partial charge in [-0.2, -0.15) is 0 Å². The molecule has 0 radical (unpaired) electrons. The lowest BCUT2D eigenvalue weighted by Gasteiger charge is -2.30. The van der Waals surface area contributed by atoms with Crippen LogP contribution in [-0.4, -0.2) is 41.1 Å². The molecule has 1 aliphatic rings. The molecular weight excluding hydrogens is 224 g/mol. The van der Waals surface area contributed by atoms with Crippen LogP contribution in [0.25, 0.3) is 0 Å². The molecule has 0 aromatic rings. The van der Waals surface area contributed by atoms with Crippen molar-refractivity contribution in [1.82, 2.24) is 4.90 Å². The summed E-state index contributed by atoms with van der Waals surface area (Å²) in [6.07, 6.45) is -2.63. The summed E-state index contributed by atoms with van der Waals surface area (Å²) in [5, 5.41) is 9.50. The van der Waals surface area contributed by atoms with Gasteiger partial charge in [-0.25, -0.2) is 13.6 Å². The van der Waals surface area contributed by atoms with E-state index in [0.29, 0.717) is 4.90 Å². The number of nitrogens with zero attached hydrogens (tertiary/aromatic N) is 1. The van der Waals surface area contributed by atoms with Crippen LogP contribution in [0.15, 0.2) is 11.8 Å². The van der Waals surface area contributed by atoms with Gasteiger partial charge in [-0.1, -0.05) is 0 Å². The highest BCUT2D eigenvalue weighted by atomic mass is 19.3. The van der Waals surface area contributed by atoms with Gasteiger partial charge in [0.05, 0.1) is 6.61 Å². The summed E-state index contributed by atoms with van der Waals surface area (Å²) in [5.41, 5.74) is -3.01. The predicted molar refractivity (Wildman–Crippen MR) is 48.2 cm³/mol. The monoisotopic (exact) mass is 235 g/mol. The highest BCUT2D eigenvalue weighted by Crippen LogP contribution is 2.34. The Morgan fingerprint density at radius 2 is 2.44 bits per heavy atom. The Labute approximate surface area is 90.3 Å². The number of aliphatic hydroxyl groups is 1. The first-order valence-electron chi connectivity index (χ1n) is 4.59. The van der Waals surface area contributed by atoms with Gasteiger partial charge < -0.3 is 9.84 Å². The SMILES string of the molecule is CCOC(=O)C1=CCC(O)(C(F)F)N1C=O. The van der Waals surface area contributed by atoms with Crippen LogP contribution in [0.2, 0.25) is 0 Å². The summed E-state index contributed by atoms with van der Waals surface area (Å²) in [6.45, 7) is 1.59. The molecule has 0 aromatic heterocycles. The number of rotatable bonds is 4. The second-order valence-corrected chi connectivity index (χ2v) is 3.17. The third kappa shape index (κ3) is 1.90. The smallest absolute Gasteiger partial charge is 0.354 e. The maximum Gasteiger partial charge on any atom is 0.354 e. The minimum absolute atomic E-state index is 0.0120. The van der Waals surface area contributed by atoms with Crippen molar-refractivity contribution in [3.63, 3.8) is 0 Å². The molecule has 90 valence electrons. The van der Waals surface area contributed by atoms with Crippen molar-refractivity contribution in [1.29, 1.82) is 0 Å². The Hall–Kier alpha value is -1.50. The molecule has 0 aromatic carbocycles. The lowest BCUT2D eigenvalue weighted by molar-refractivity contribution is -0.179. The van der Waals surface area contributed by atoms with Crippen LogP contribution in [0.3, 0.4) is 0 Å². The topological polar surface area (TPSA) is 66.8 Å². The third-order valence-corrected chi connectivity index (χ3v) is 2.21. The van der Waals surface area contributed by atoms with Crippen molar-refractivity contribution in [3.8, 4) is 0 Å². The summed E-state index contributed by atoms with van der Waals surface area (Å²) in [4.78, 5) is 22.2. The predicted octanol–water partition coefficient (Wildman–Crippen LogP) is 0.249. The summed E-state index contributed by atoms with van der Waals surface area (Å²) in [5.74, 6) is -0.911. The molecule has 1 amide bonds. The van der Waals surface area contributed by atoms with Crippen LogP contribution >= 0.6 is 0 Å². The number of carbonyl (C=O) groups is 2. The van der Waals surface area contributed by atoms with E-state index < -0.39 is 24.5 Å². The van der Waals surface area contributed by atoms with Crippen LogP contribution in [-0.2, 0) is 14.3 Å². The van der Waals surface area contributed by atoms with Crippen molar-refractivity contribution in [2.24, 2.45) is 0 Å². The average Bonchev–Trinajstić information content (AvgIpc) is 2.57. The van der Waals surface area contributed by atoms with Crippen molar-refractivity contribution >= 4 is 12.4 Å². The fourth-order valence-electron chi connectivity index (χ4n) is 1.38.